The highest BCUT2D eigenvalue weighted by Crippen LogP contribution is 2.32. The first-order valence-electron chi connectivity index (χ1n) is 6.38. The molecule has 2 heterocycles. The zero-order valence-electron chi connectivity index (χ0n) is 11.3. The maximum atomic E-state index is 14.2. The van der Waals surface area contributed by atoms with Gasteiger partial charge in [-0.2, -0.15) is 4.39 Å². The monoisotopic (exact) mass is 383 g/mol. The zero-order valence-corrected chi connectivity index (χ0v) is 12.9. The number of benzene rings is 1. The number of H-pyrrole nitrogens is 1. The van der Waals surface area contributed by atoms with Crippen LogP contribution in [-0.4, -0.2) is 22.2 Å². The van der Waals surface area contributed by atoms with Gasteiger partial charge in [-0.3, -0.25) is 14.9 Å². The molecule has 9 heteroatoms. The predicted molar refractivity (Wildman–Crippen MR) is 82.6 cm³/mol. The van der Waals surface area contributed by atoms with E-state index in [9.17, 15) is 23.7 Å². The van der Waals surface area contributed by atoms with Gasteiger partial charge in [-0.05, 0) is 12.1 Å². The van der Waals surface area contributed by atoms with Crippen LogP contribution < -0.4 is 5.32 Å². The van der Waals surface area contributed by atoms with Gasteiger partial charge in [-0.15, -0.1) is 0 Å². The van der Waals surface area contributed by atoms with E-state index in [1.807, 2.05) is 0 Å². The minimum Gasteiger partial charge on any atom is -0.367 e. The van der Waals surface area contributed by atoms with Crippen molar-refractivity contribution >= 4 is 39.3 Å². The van der Waals surface area contributed by atoms with Crippen LogP contribution in [0.25, 0.3) is 6.08 Å². The lowest BCUT2D eigenvalue weighted by molar-refractivity contribution is -0.387. The largest absolute Gasteiger partial charge is 0.367 e. The van der Waals surface area contributed by atoms with E-state index in [4.69, 9.17) is 0 Å². The molecule has 0 bridgehead atoms. The van der Waals surface area contributed by atoms with Crippen molar-refractivity contribution in [2.45, 2.75) is 0 Å². The number of fused-ring (bicyclic) bond motifs is 1. The second kappa shape index (κ2) is 5.58. The Bertz CT molecular complexity index is 876. The predicted octanol–water partition coefficient (Wildman–Crippen LogP) is 3.59. The number of carbonyl (C=O) groups is 1. The third kappa shape index (κ3) is 2.52. The van der Waals surface area contributed by atoms with E-state index < -0.39 is 33.6 Å². The van der Waals surface area contributed by atoms with Gasteiger partial charge < -0.3 is 10.3 Å². The summed E-state index contributed by atoms with van der Waals surface area (Å²) >= 11 is 3.28. The Morgan fingerprint density at radius 3 is 2.78 bits per heavy atom. The SMILES string of the molecule is O=C(c1c[nH]c2c1C=C(Br)CN2)c1c(F)ccc([N+](=O)[O-])c1F. The van der Waals surface area contributed by atoms with Crippen molar-refractivity contribution in [1.29, 1.82) is 0 Å². The number of anilines is 1. The first-order chi connectivity index (χ1) is 10.9. The highest BCUT2D eigenvalue weighted by Gasteiger charge is 2.29. The summed E-state index contributed by atoms with van der Waals surface area (Å²) in [6.07, 6.45) is 2.95. The van der Waals surface area contributed by atoms with Crippen LogP contribution in [0.3, 0.4) is 0 Å². The summed E-state index contributed by atoms with van der Waals surface area (Å²) in [6.45, 7) is 0.501. The molecule has 0 amide bonds. The molecule has 1 aromatic heterocycles. The maximum Gasteiger partial charge on any atom is 0.305 e. The Morgan fingerprint density at radius 1 is 1.35 bits per heavy atom. The van der Waals surface area contributed by atoms with Crippen molar-refractivity contribution < 1.29 is 18.5 Å². The first kappa shape index (κ1) is 15.3. The number of nitro groups is 1. The molecular weight excluding hydrogens is 376 g/mol. The van der Waals surface area contributed by atoms with Gasteiger partial charge in [-0.1, -0.05) is 15.9 Å². The number of halogens is 3. The number of hydrogen-bond donors (Lipinski definition) is 2. The Kier molecular flexibility index (Phi) is 3.72. The topological polar surface area (TPSA) is 88.0 Å². The molecule has 0 saturated carbocycles. The highest BCUT2D eigenvalue weighted by molar-refractivity contribution is 9.11. The van der Waals surface area contributed by atoms with E-state index in [0.717, 1.165) is 4.48 Å². The number of hydrogen-bond acceptors (Lipinski definition) is 4. The molecule has 1 aliphatic rings. The molecule has 2 aromatic rings. The van der Waals surface area contributed by atoms with Gasteiger partial charge in [0.25, 0.3) is 0 Å². The molecule has 0 atom stereocenters. The van der Waals surface area contributed by atoms with E-state index in [1.54, 1.807) is 6.08 Å². The summed E-state index contributed by atoms with van der Waals surface area (Å²) in [6, 6.07) is 1.39. The first-order valence-corrected chi connectivity index (χ1v) is 7.18. The van der Waals surface area contributed by atoms with Crippen LogP contribution in [0.4, 0.5) is 20.3 Å². The third-order valence-corrected chi connectivity index (χ3v) is 3.90. The number of carbonyl (C=O) groups excluding carboxylic acids is 1. The van der Waals surface area contributed by atoms with Crippen molar-refractivity contribution in [2.75, 3.05) is 11.9 Å². The Balaban J connectivity index is 2.15. The standard InChI is InChI=1S/C14H8BrF2N3O3/c15-6-3-7-8(5-19-14(7)18-4-6)13(21)11-9(16)1-2-10(12(11)17)20(22)23/h1-3,5,18-19H,4H2. The lowest BCUT2D eigenvalue weighted by Crippen LogP contribution is -2.12. The molecule has 23 heavy (non-hydrogen) atoms. The summed E-state index contributed by atoms with van der Waals surface area (Å²) in [5.41, 5.74) is -1.45. The molecule has 0 spiro atoms. The molecule has 118 valence electrons. The van der Waals surface area contributed by atoms with Crippen molar-refractivity contribution in [3.8, 4) is 0 Å². The van der Waals surface area contributed by atoms with E-state index in [-0.39, 0.29) is 5.56 Å². The number of nitrogens with zero attached hydrogens (tertiary/aromatic N) is 1. The molecule has 2 N–H and O–H groups in total. The van der Waals surface area contributed by atoms with E-state index in [2.05, 4.69) is 26.2 Å². The van der Waals surface area contributed by atoms with Crippen LogP contribution in [0.2, 0.25) is 0 Å². The van der Waals surface area contributed by atoms with Crippen LogP contribution in [0.5, 0.6) is 0 Å². The van der Waals surface area contributed by atoms with Crippen molar-refractivity contribution in [3.63, 3.8) is 0 Å². The number of rotatable bonds is 3. The fraction of sp³-hybridized carbons (Fsp3) is 0.0714. The van der Waals surface area contributed by atoms with Crippen LogP contribution in [0.1, 0.15) is 21.5 Å². The lowest BCUT2D eigenvalue weighted by Gasteiger charge is -2.12. The van der Waals surface area contributed by atoms with Gasteiger partial charge in [0.2, 0.25) is 11.6 Å². The molecular formula is C14H8BrF2N3O3. The van der Waals surface area contributed by atoms with E-state index in [1.165, 1.54) is 6.20 Å². The number of nitro benzene ring substituents is 1. The Hall–Kier alpha value is -2.55. The summed E-state index contributed by atoms with van der Waals surface area (Å²) < 4.78 is 28.8. The average molecular weight is 384 g/mol. The van der Waals surface area contributed by atoms with Crippen LogP contribution in [0, 0.1) is 21.7 Å². The quantitative estimate of drug-likeness (QED) is 0.481. The van der Waals surface area contributed by atoms with Gasteiger partial charge in [0.1, 0.15) is 17.2 Å². The minimum absolute atomic E-state index is 0.0162. The van der Waals surface area contributed by atoms with Crippen molar-refractivity contribution in [2.24, 2.45) is 0 Å². The molecule has 0 radical (unpaired) electrons. The summed E-state index contributed by atoms with van der Waals surface area (Å²) in [7, 11) is 0. The van der Waals surface area contributed by atoms with Gasteiger partial charge in [-0.25, -0.2) is 4.39 Å². The molecule has 0 fully saturated rings. The third-order valence-electron chi connectivity index (χ3n) is 3.39. The average Bonchev–Trinajstić information content (AvgIpc) is 2.89. The smallest absolute Gasteiger partial charge is 0.305 e. The lowest BCUT2D eigenvalue weighted by atomic mass is 9.99. The van der Waals surface area contributed by atoms with Gasteiger partial charge in [0.15, 0.2) is 0 Å². The normalized spacial score (nSPS) is 13.1. The van der Waals surface area contributed by atoms with Gasteiger partial charge >= 0.3 is 5.69 Å². The van der Waals surface area contributed by atoms with Crippen LogP contribution in [-0.2, 0) is 0 Å². The van der Waals surface area contributed by atoms with Gasteiger partial charge in [0, 0.05) is 34.4 Å². The van der Waals surface area contributed by atoms with E-state index >= 15 is 0 Å². The molecule has 3 rings (SSSR count). The molecule has 0 aliphatic carbocycles. The molecule has 1 aliphatic heterocycles. The molecule has 0 unspecified atom stereocenters. The van der Waals surface area contributed by atoms with Crippen LogP contribution in [0.15, 0.2) is 22.8 Å². The highest BCUT2D eigenvalue weighted by atomic mass is 79.9. The number of ketones is 1. The molecule has 0 saturated heterocycles. The van der Waals surface area contributed by atoms with E-state index in [0.29, 0.717) is 30.1 Å². The minimum atomic E-state index is -1.48. The van der Waals surface area contributed by atoms with Crippen molar-refractivity contribution in [3.05, 3.63) is 61.3 Å². The summed E-state index contributed by atoms with van der Waals surface area (Å²) in [5, 5.41) is 13.7. The van der Waals surface area contributed by atoms with Gasteiger partial charge in [0.05, 0.1) is 4.92 Å². The Labute approximate surface area is 136 Å². The summed E-state index contributed by atoms with van der Waals surface area (Å²) in [4.78, 5) is 25.1. The Morgan fingerprint density at radius 2 is 2.09 bits per heavy atom. The zero-order chi connectivity index (χ0) is 16.7. The maximum absolute atomic E-state index is 14.2. The second-order valence-electron chi connectivity index (χ2n) is 4.78. The molecule has 1 aromatic carbocycles. The molecule has 6 nitrogen and oxygen atoms in total. The fourth-order valence-electron chi connectivity index (χ4n) is 2.32. The fourth-order valence-corrected chi connectivity index (χ4v) is 2.69. The van der Waals surface area contributed by atoms with Crippen LogP contribution >= 0.6 is 15.9 Å². The number of aromatic nitrogens is 1. The second-order valence-corrected chi connectivity index (χ2v) is 5.80. The number of nitrogens with one attached hydrogen (secondary N) is 2. The summed E-state index contributed by atoms with van der Waals surface area (Å²) in [5.74, 6) is -3.08. The van der Waals surface area contributed by atoms with Crippen molar-refractivity contribution in [1.82, 2.24) is 4.98 Å². The number of aromatic amines is 1.